The van der Waals surface area contributed by atoms with Gasteiger partial charge < -0.3 is 13.9 Å². The second-order valence-electron chi connectivity index (χ2n) is 3.76. The summed E-state index contributed by atoms with van der Waals surface area (Å²) in [6.07, 6.45) is 4.38. The van der Waals surface area contributed by atoms with Crippen LogP contribution in [0.15, 0.2) is 35.0 Å². The lowest BCUT2D eigenvalue weighted by atomic mass is 9.98. The first-order chi connectivity index (χ1) is 7.72. The lowest BCUT2D eigenvalue weighted by molar-refractivity contribution is -0.157. The maximum atomic E-state index is 11.4. The van der Waals surface area contributed by atoms with E-state index >= 15 is 0 Å². The van der Waals surface area contributed by atoms with Crippen LogP contribution in [0.2, 0.25) is 0 Å². The summed E-state index contributed by atoms with van der Waals surface area (Å²) in [7, 11) is 1.35. The Labute approximate surface area is 93.8 Å². The number of ether oxygens (including phenoxy) is 2. The van der Waals surface area contributed by atoms with Crippen molar-refractivity contribution in [3.05, 3.63) is 36.3 Å². The van der Waals surface area contributed by atoms with Crippen molar-refractivity contribution >= 4 is 5.97 Å². The Morgan fingerprint density at radius 1 is 1.44 bits per heavy atom. The Balaban J connectivity index is 2.16. The van der Waals surface area contributed by atoms with E-state index < -0.39 is 6.10 Å². The van der Waals surface area contributed by atoms with Crippen molar-refractivity contribution in [3.8, 4) is 0 Å². The molecule has 0 radical (unpaired) electrons. The van der Waals surface area contributed by atoms with Gasteiger partial charge in [0.05, 0.1) is 13.4 Å². The molecule has 4 nitrogen and oxygen atoms in total. The summed E-state index contributed by atoms with van der Waals surface area (Å²) in [5.41, 5.74) is 0. The first kappa shape index (κ1) is 11.0. The lowest BCUT2D eigenvalue weighted by Gasteiger charge is -2.27. The molecule has 0 N–H and O–H groups in total. The van der Waals surface area contributed by atoms with Crippen LogP contribution in [0.25, 0.3) is 0 Å². The topological polar surface area (TPSA) is 48.7 Å². The molecule has 1 aliphatic rings. The fourth-order valence-corrected chi connectivity index (χ4v) is 1.73. The number of esters is 1. The van der Waals surface area contributed by atoms with Crippen LogP contribution < -0.4 is 0 Å². The molecule has 1 aromatic rings. The number of methoxy groups -OCH3 is 1. The molecule has 0 fully saturated rings. The molecule has 0 unspecified atom stereocenters. The van der Waals surface area contributed by atoms with Gasteiger partial charge in [0.2, 0.25) is 0 Å². The van der Waals surface area contributed by atoms with Gasteiger partial charge in [-0.3, -0.25) is 0 Å². The molecule has 3 atom stereocenters. The SMILES string of the molecule is COC(=O)[C@@H]1C=C[C@H](C)[C@@H](c2ccco2)O1. The van der Waals surface area contributed by atoms with Gasteiger partial charge in [-0.05, 0) is 18.2 Å². The molecular weight excluding hydrogens is 208 g/mol. The molecule has 2 heterocycles. The van der Waals surface area contributed by atoms with Gasteiger partial charge in [-0.15, -0.1) is 0 Å². The molecule has 16 heavy (non-hydrogen) atoms. The van der Waals surface area contributed by atoms with Gasteiger partial charge in [-0.2, -0.15) is 0 Å². The Bertz CT molecular complexity index is 380. The van der Waals surface area contributed by atoms with E-state index in [0.717, 1.165) is 5.76 Å². The van der Waals surface area contributed by atoms with Crippen LogP contribution in [0.1, 0.15) is 18.8 Å². The van der Waals surface area contributed by atoms with Crippen molar-refractivity contribution in [1.29, 1.82) is 0 Å². The van der Waals surface area contributed by atoms with Crippen LogP contribution in [0.4, 0.5) is 0 Å². The van der Waals surface area contributed by atoms with E-state index in [1.165, 1.54) is 7.11 Å². The van der Waals surface area contributed by atoms with Crippen molar-refractivity contribution in [2.24, 2.45) is 5.92 Å². The summed E-state index contributed by atoms with van der Waals surface area (Å²) < 4.78 is 15.6. The third-order valence-corrected chi connectivity index (χ3v) is 2.62. The second-order valence-corrected chi connectivity index (χ2v) is 3.76. The highest BCUT2D eigenvalue weighted by molar-refractivity contribution is 5.77. The van der Waals surface area contributed by atoms with E-state index in [4.69, 9.17) is 9.15 Å². The minimum absolute atomic E-state index is 0.173. The van der Waals surface area contributed by atoms with Crippen molar-refractivity contribution in [2.45, 2.75) is 19.1 Å². The highest BCUT2D eigenvalue weighted by atomic mass is 16.6. The van der Waals surface area contributed by atoms with E-state index in [1.54, 1.807) is 18.4 Å². The summed E-state index contributed by atoms with van der Waals surface area (Å²) in [6, 6.07) is 3.64. The van der Waals surface area contributed by atoms with Crippen molar-refractivity contribution in [3.63, 3.8) is 0 Å². The predicted octanol–water partition coefficient (Wildman–Crippen LogP) is 2.08. The molecule has 4 heteroatoms. The maximum absolute atomic E-state index is 11.4. The van der Waals surface area contributed by atoms with Crippen LogP contribution in [-0.4, -0.2) is 19.2 Å². The number of hydrogen-bond acceptors (Lipinski definition) is 4. The predicted molar refractivity (Wildman–Crippen MR) is 56.6 cm³/mol. The van der Waals surface area contributed by atoms with Crippen LogP contribution in [0.3, 0.4) is 0 Å². The van der Waals surface area contributed by atoms with E-state index in [-0.39, 0.29) is 18.0 Å². The lowest BCUT2D eigenvalue weighted by Crippen LogP contribution is -2.30. The quantitative estimate of drug-likeness (QED) is 0.568. The van der Waals surface area contributed by atoms with Crippen LogP contribution in [0, 0.1) is 5.92 Å². The molecule has 2 rings (SSSR count). The first-order valence-electron chi connectivity index (χ1n) is 5.17. The fourth-order valence-electron chi connectivity index (χ4n) is 1.73. The van der Waals surface area contributed by atoms with Gasteiger partial charge >= 0.3 is 5.97 Å². The van der Waals surface area contributed by atoms with E-state index in [1.807, 2.05) is 19.1 Å². The number of carbonyl (C=O) groups excluding carboxylic acids is 1. The van der Waals surface area contributed by atoms with Gasteiger partial charge in [-0.1, -0.05) is 13.0 Å². The standard InChI is InChI=1S/C12H14O4/c1-8-5-6-10(12(13)14-2)16-11(8)9-4-3-7-15-9/h3-8,10-11H,1-2H3/t8-,10-,11-/m0/s1. The van der Waals surface area contributed by atoms with Gasteiger partial charge in [0.25, 0.3) is 0 Å². The number of hydrogen-bond donors (Lipinski definition) is 0. The summed E-state index contributed by atoms with van der Waals surface area (Å²) in [6.45, 7) is 2.01. The number of furan rings is 1. The molecule has 0 amide bonds. The third-order valence-electron chi connectivity index (χ3n) is 2.62. The minimum Gasteiger partial charge on any atom is -0.467 e. The van der Waals surface area contributed by atoms with Crippen molar-refractivity contribution in [1.82, 2.24) is 0 Å². The molecule has 86 valence electrons. The van der Waals surface area contributed by atoms with E-state index in [2.05, 4.69) is 4.74 Å². The number of carbonyl (C=O) groups is 1. The zero-order chi connectivity index (χ0) is 11.5. The molecule has 1 aliphatic heterocycles. The summed E-state index contributed by atoms with van der Waals surface area (Å²) in [4.78, 5) is 11.4. The van der Waals surface area contributed by atoms with Crippen LogP contribution in [-0.2, 0) is 14.3 Å². The highest BCUT2D eigenvalue weighted by Gasteiger charge is 2.31. The zero-order valence-electron chi connectivity index (χ0n) is 9.25. The largest absolute Gasteiger partial charge is 0.467 e. The Hall–Kier alpha value is -1.55. The third kappa shape index (κ3) is 2.02. The van der Waals surface area contributed by atoms with Crippen LogP contribution in [0.5, 0.6) is 0 Å². The molecule has 0 saturated heterocycles. The zero-order valence-corrected chi connectivity index (χ0v) is 9.25. The van der Waals surface area contributed by atoms with Crippen molar-refractivity contribution < 1.29 is 18.7 Å². The molecular formula is C12H14O4. The monoisotopic (exact) mass is 222 g/mol. The van der Waals surface area contributed by atoms with Gasteiger partial charge in [0, 0.05) is 5.92 Å². The van der Waals surface area contributed by atoms with Crippen LogP contribution >= 0.6 is 0 Å². The normalized spacial score (nSPS) is 29.0. The average Bonchev–Trinajstić information content (AvgIpc) is 2.82. The fraction of sp³-hybridized carbons (Fsp3) is 0.417. The summed E-state index contributed by atoms with van der Waals surface area (Å²) in [5.74, 6) is 0.512. The Morgan fingerprint density at radius 2 is 2.25 bits per heavy atom. The molecule has 0 spiro atoms. The van der Waals surface area contributed by atoms with E-state index in [0.29, 0.717) is 0 Å². The molecule has 0 bridgehead atoms. The van der Waals surface area contributed by atoms with E-state index in [9.17, 15) is 4.79 Å². The molecule has 0 saturated carbocycles. The van der Waals surface area contributed by atoms with Crippen molar-refractivity contribution in [2.75, 3.05) is 7.11 Å². The molecule has 1 aromatic heterocycles. The van der Waals surface area contributed by atoms with Gasteiger partial charge in [0.15, 0.2) is 6.10 Å². The maximum Gasteiger partial charge on any atom is 0.339 e. The summed E-state index contributed by atoms with van der Waals surface area (Å²) in [5, 5.41) is 0. The first-order valence-corrected chi connectivity index (χ1v) is 5.17. The second kappa shape index (κ2) is 4.53. The highest BCUT2D eigenvalue weighted by Crippen LogP contribution is 2.32. The average molecular weight is 222 g/mol. The Kier molecular flexibility index (Phi) is 3.10. The summed E-state index contributed by atoms with van der Waals surface area (Å²) >= 11 is 0. The smallest absolute Gasteiger partial charge is 0.339 e. The molecule has 0 aromatic carbocycles. The minimum atomic E-state index is -0.642. The van der Waals surface area contributed by atoms with Gasteiger partial charge in [0.1, 0.15) is 11.9 Å². The Morgan fingerprint density at radius 3 is 2.88 bits per heavy atom. The number of rotatable bonds is 2. The van der Waals surface area contributed by atoms with Gasteiger partial charge in [-0.25, -0.2) is 4.79 Å². The molecule has 0 aliphatic carbocycles.